The molecule has 0 aliphatic rings. The Labute approximate surface area is 130 Å². The number of imidazole rings is 1. The lowest BCUT2D eigenvalue weighted by Gasteiger charge is -2.08. The normalized spacial score (nSPS) is 11.4. The number of hydrogen-bond donors (Lipinski definition) is 2. The Hall–Kier alpha value is -1.77. The van der Waals surface area contributed by atoms with E-state index in [4.69, 9.17) is 28.9 Å². The SMILES string of the molecule is Cn1cnc(S(=O)(=O)Nc2ccc(Cl)c(C(N)=O)c2)c1Cl. The first-order chi connectivity index (χ1) is 9.72. The number of carbonyl (C=O) groups excluding carboxylic acids is 1. The molecule has 0 saturated heterocycles. The smallest absolute Gasteiger partial charge is 0.282 e. The van der Waals surface area contributed by atoms with E-state index >= 15 is 0 Å². The molecule has 21 heavy (non-hydrogen) atoms. The van der Waals surface area contributed by atoms with Gasteiger partial charge in [0.25, 0.3) is 10.0 Å². The van der Waals surface area contributed by atoms with E-state index < -0.39 is 15.9 Å². The zero-order valence-corrected chi connectivity index (χ0v) is 13.0. The van der Waals surface area contributed by atoms with Gasteiger partial charge in [0.1, 0.15) is 5.15 Å². The molecule has 0 saturated carbocycles. The lowest BCUT2D eigenvalue weighted by molar-refractivity contribution is 0.100. The van der Waals surface area contributed by atoms with Crippen LogP contribution < -0.4 is 10.5 Å². The van der Waals surface area contributed by atoms with Gasteiger partial charge in [0, 0.05) is 12.7 Å². The quantitative estimate of drug-likeness (QED) is 0.875. The largest absolute Gasteiger partial charge is 0.366 e. The Kier molecular flexibility index (Phi) is 4.13. The number of aryl methyl sites for hydroxylation is 1. The molecule has 0 spiro atoms. The van der Waals surface area contributed by atoms with E-state index in [2.05, 4.69) is 9.71 Å². The summed E-state index contributed by atoms with van der Waals surface area (Å²) in [6.45, 7) is 0. The van der Waals surface area contributed by atoms with Gasteiger partial charge < -0.3 is 10.3 Å². The molecule has 0 unspecified atom stereocenters. The van der Waals surface area contributed by atoms with Crippen molar-refractivity contribution in [1.82, 2.24) is 9.55 Å². The minimum atomic E-state index is -3.99. The Bertz CT molecular complexity index is 817. The van der Waals surface area contributed by atoms with Gasteiger partial charge in [-0.15, -0.1) is 0 Å². The van der Waals surface area contributed by atoms with Crippen LogP contribution in [0.15, 0.2) is 29.6 Å². The molecule has 0 atom stereocenters. The third-order valence-corrected chi connectivity index (χ3v) is 4.77. The fourth-order valence-corrected chi connectivity index (χ4v) is 3.25. The summed E-state index contributed by atoms with van der Waals surface area (Å²) in [6, 6.07) is 3.99. The van der Waals surface area contributed by atoms with Crippen LogP contribution in [0, 0.1) is 0 Å². The van der Waals surface area contributed by atoms with Crippen molar-refractivity contribution in [3.05, 3.63) is 40.3 Å². The fourth-order valence-electron chi connectivity index (χ4n) is 1.56. The van der Waals surface area contributed by atoms with Gasteiger partial charge in [0.05, 0.1) is 16.9 Å². The second-order valence-electron chi connectivity index (χ2n) is 4.12. The number of nitrogens with zero attached hydrogens (tertiary/aromatic N) is 2. The van der Waals surface area contributed by atoms with Crippen LogP contribution in [0.1, 0.15) is 10.4 Å². The van der Waals surface area contributed by atoms with E-state index in [0.29, 0.717) is 0 Å². The van der Waals surface area contributed by atoms with Gasteiger partial charge in [-0.2, -0.15) is 8.42 Å². The molecule has 2 rings (SSSR count). The Morgan fingerprint density at radius 1 is 1.38 bits per heavy atom. The number of benzene rings is 1. The highest BCUT2D eigenvalue weighted by atomic mass is 35.5. The van der Waals surface area contributed by atoms with Gasteiger partial charge in [-0.3, -0.25) is 9.52 Å². The van der Waals surface area contributed by atoms with E-state index in [9.17, 15) is 13.2 Å². The van der Waals surface area contributed by atoms with Crippen LogP contribution in [0.2, 0.25) is 10.2 Å². The first-order valence-corrected chi connectivity index (χ1v) is 7.75. The number of primary amides is 1. The predicted molar refractivity (Wildman–Crippen MR) is 79.0 cm³/mol. The van der Waals surface area contributed by atoms with Crippen molar-refractivity contribution in [2.45, 2.75) is 5.03 Å². The number of amides is 1. The summed E-state index contributed by atoms with van der Waals surface area (Å²) >= 11 is 11.6. The molecular formula is C11H10Cl2N4O3S. The van der Waals surface area contributed by atoms with Crippen LogP contribution in [0.4, 0.5) is 5.69 Å². The first-order valence-electron chi connectivity index (χ1n) is 5.51. The maximum Gasteiger partial charge on any atom is 0.282 e. The summed E-state index contributed by atoms with van der Waals surface area (Å²) in [5.41, 5.74) is 5.27. The maximum absolute atomic E-state index is 12.2. The molecule has 3 N–H and O–H groups in total. The number of aromatic nitrogens is 2. The van der Waals surface area contributed by atoms with Crippen molar-refractivity contribution in [3.8, 4) is 0 Å². The minimum Gasteiger partial charge on any atom is -0.366 e. The molecular weight excluding hydrogens is 339 g/mol. The Morgan fingerprint density at radius 3 is 2.57 bits per heavy atom. The van der Waals surface area contributed by atoms with E-state index in [-0.39, 0.29) is 26.5 Å². The second-order valence-corrected chi connectivity index (χ2v) is 6.48. The number of anilines is 1. The third-order valence-electron chi connectivity index (χ3n) is 2.57. The molecule has 1 aromatic heterocycles. The van der Waals surface area contributed by atoms with Crippen molar-refractivity contribution in [2.75, 3.05) is 4.72 Å². The molecule has 7 nitrogen and oxygen atoms in total. The summed E-state index contributed by atoms with van der Waals surface area (Å²) in [6.07, 6.45) is 1.27. The number of nitrogens with one attached hydrogen (secondary N) is 1. The molecule has 0 radical (unpaired) electrons. The average Bonchev–Trinajstić information content (AvgIpc) is 2.72. The molecule has 2 aromatic rings. The van der Waals surface area contributed by atoms with Crippen LogP contribution in [0.25, 0.3) is 0 Å². The molecule has 1 amide bonds. The second kappa shape index (κ2) is 5.55. The van der Waals surface area contributed by atoms with Crippen LogP contribution in [0.3, 0.4) is 0 Å². The summed E-state index contributed by atoms with van der Waals surface area (Å²) in [5, 5.41) is -0.227. The van der Waals surface area contributed by atoms with Crippen molar-refractivity contribution >= 4 is 44.8 Å². The number of nitrogens with two attached hydrogens (primary N) is 1. The highest BCUT2D eigenvalue weighted by Gasteiger charge is 2.23. The maximum atomic E-state index is 12.2. The topological polar surface area (TPSA) is 107 Å². The number of halogens is 2. The fraction of sp³-hybridized carbons (Fsp3) is 0.0909. The molecule has 0 bridgehead atoms. The lowest BCUT2D eigenvalue weighted by Crippen LogP contribution is -2.16. The zero-order chi connectivity index (χ0) is 15.8. The molecule has 1 heterocycles. The van der Waals surface area contributed by atoms with E-state index in [1.54, 1.807) is 7.05 Å². The van der Waals surface area contributed by atoms with E-state index in [1.165, 1.54) is 29.1 Å². The average molecular weight is 349 g/mol. The number of hydrogen-bond acceptors (Lipinski definition) is 4. The van der Waals surface area contributed by atoms with Gasteiger partial charge >= 0.3 is 0 Å². The van der Waals surface area contributed by atoms with Gasteiger partial charge in [-0.1, -0.05) is 23.2 Å². The van der Waals surface area contributed by atoms with Crippen LogP contribution in [0.5, 0.6) is 0 Å². The molecule has 0 aliphatic carbocycles. The van der Waals surface area contributed by atoms with Crippen LogP contribution in [-0.2, 0) is 17.1 Å². The Balaban J connectivity index is 2.40. The van der Waals surface area contributed by atoms with E-state index in [1.807, 2.05) is 0 Å². The molecule has 10 heteroatoms. The predicted octanol–water partition coefficient (Wildman–Crippen LogP) is 1.63. The summed E-state index contributed by atoms with van der Waals surface area (Å²) in [4.78, 5) is 14.9. The molecule has 112 valence electrons. The van der Waals surface area contributed by atoms with Crippen molar-refractivity contribution in [2.24, 2.45) is 12.8 Å². The number of carbonyl (C=O) groups is 1. The Morgan fingerprint density at radius 2 is 2.05 bits per heavy atom. The monoisotopic (exact) mass is 348 g/mol. The van der Waals surface area contributed by atoms with Gasteiger partial charge in [-0.25, -0.2) is 4.98 Å². The third kappa shape index (κ3) is 3.12. The zero-order valence-electron chi connectivity index (χ0n) is 10.7. The highest BCUT2D eigenvalue weighted by Crippen LogP contribution is 2.24. The van der Waals surface area contributed by atoms with Gasteiger partial charge in [-0.05, 0) is 18.2 Å². The standard InChI is InChI=1S/C11H10Cl2N4O3S/c1-17-5-15-11(9(17)13)21(19,20)16-6-2-3-8(12)7(4-6)10(14)18/h2-5,16H,1H3,(H2,14,18). The van der Waals surface area contributed by atoms with Crippen molar-refractivity contribution in [3.63, 3.8) is 0 Å². The lowest BCUT2D eigenvalue weighted by atomic mass is 10.2. The van der Waals surface area contributed by atoms with Crippen LogP contribution in [-0.4, -0.2) is 23.9 Å². The first kappa shape index (κ1) is 15.6. The van der Waals surface area contributed by atoms with Crippen LogP contribution >= 0.6 is 23.2 Å². The molecule has 0 aliphatic heterocycles. The number of rotatable bonds is 4. The summed E-state index contributed by atoms with van der Waals surface area (Å²) < 4.78 is 28.0. The van der Waals surface area contributed by atoms with Crippen molar-refractivity contribution in [1.29, 1.82) is 0 Å². The minimum absolute atomic E-state index is 0.00369. The molecule has 1 aromatic carbocycles. The van der Waals surface area contributed by atoms with Gasteiger partial charge in [0.15, 0.2) is 0 Å². The van der Waals surface area contributed by atoms with E-state index in [0.717, 1.165) is 0 Å². The summed E-state index contributed by atoms with van der Waals surface area (Å²) in [7, 11) is -2.43. The highest BCUT2D eigenvalue weighted by molar-refractivity contribution is 7.92. The van der Waals surface area contributed by atoms with Crippen molar-refractivity contribution < 1.29 is 13.2 Å². The summed E-state index contributed by atoms with van der Waals surface area (Å²) in [5.74, 6) is -0.767. The number of sulfonamides is 1. The van der Waals surface area contributed by atoms with Gasteiger partial charge in [0.2, 0.25) is 10.9 Å². The molecule has 0 fully saturated rings.